The third-order valence-electron chi connectivity index (χ3n) is 2.49. The molecule has 0 aromatic carbocycles. The first-order valence-corrected chi connectivity index (χ1v) is 5.96. The number of rotatable bonds is 1. The lowest BCUT2D eigenvalue weighted by Crippen LogP contribution is -2.45. The molecule has 1 aromatic heterocycles. The molecule has 0 saturated carbocycles. The number of morpholine rings is 1. The molecule has 4 heteroatoms. The molecule has 15 heavy (non-hydrogen) atoms. The molecule has 1 aliphatic rings. The van der Waals surface area contributed by atoms with E-state index in [-0.39, 0.29) is 0 Å². The van der Waals surface area contributed by atoms with Crippen LogP contribution in [0.3, 0.4) is 0 Å². The van der Waals surface area contributed by atoms with Crippen molar-refractivity contribution in [1.82, 2.24) is 4.98 Å². The summed E-state index contributed by atoms with van der Waals surface area (Å²) in [6.45, 7) is 6.11. The maximum Gasteiger partial charge on any atom is 0.108 e. The van der Waals surface area contributed by atoms with Gasteiger partial charge in [-0.15, -0.1) is 0 Å². The highest BCUT2D eigenvalue weighted by Gasteiger charge is 2.22. The molecule has 0 radical (unpaired) electrons. The molecule has 0 N–H and O–H groups in total. The largest absolute Gasteiger partial charge is 0.372 e. The zero-order valence-electron chi connectivity index (χ0n) is 8.98. The monoisotopic (exact) mass is 270 g/mol. The van der Waals surface area contributed by atoms with Gasteiger partial charge in [0, 0.05) is 25.0 Å². The van der Waals surface area contributed by atoms with Crippen molar-refractivity contribution >= 4 is 21.6 Å². The number of hydrogen-bond acceptors (Lipinski definition) is 3. The minimum absolute atomic E-state index is 0.292. The second kappa shape index (κ2) is 4.49. The van der Waals surface area contributed by atoms with Gasteiger partial charge in [0.05, 0.1) is 12.2 Å². The highest BCUT2D eigenvalue weighted by Crippen LogP contribution is 2.21. The molecule has 0 aliphatic carbocycles. The fourth-order valence-corrected chi connectivity index (χ4v) is 2.33. The van der Waals surface area contributed by atoms with Crippen LogP contribution < -0.4 is 4.90 Å². The van der Waals surface area contributed by atoms with Crippen LogP contribution in [0.15, 0.2) is 22.9 Å². The summed E-state index contributed by atoms with van der Waals surface area (Å²) in [5, 5.41) is 0. The molecular weight excluding hydrogens is 256 g/mol. The van der Waals surface area contributed by atoms with Crippen LogP contribution in [-0.2, 0) is 4.74 Å². The Bertz CT molecular complexity index is 335. The molecule has 3 nitrogen and oxygen atoms in total. The lowest BCUT2D eigenvalue weighted by molar-refractivity contribution is -0.00522. The number of nitrogens with zero attached hydrogens (tertiary/aromatic N) is 2. The summed E-state index contributed by atoms with van der Waals surface area (Å²) >= 11 is 3.39. The molecule has 0 bridgehead atoms. The van der Waals surface area contributed by atoms with Gasteiger partial charge in [0.1, 0.15) is 4.60 Å². The Morgan fingerprint density at radius 1 is 1.40 bits per heavy atom. The van der Waals surface area contributed by atoms with Crippen LogP contribution in [0.2, 0.25) is 0 Å². The van der Waals surface area contributed by atoms with Gasteiger partial charge >= 0.3 is 0 Å². The summed E-state index contributed by atoms with van der Waals surface area (Å²) in [4.78, 5) is 6.47. The first kappa shape index (κ1) is 10.9. The summed E-state index contributed by atoms with van der Waals surface area (Å²) in [5.74, 6) is 0. The van der Waals surface area contributed by atoms with Crippen molar-refractivity contribution in [1.29, 1.82) is 0 Å². The molecule has 2 atom stereocenters. The summed E-state index contributed by atoms with van der Waals surface area (Å²) < 4.78 is 6.58. The van der Waals surface area contributed by atoms with E-state index < -0.39 is 0 Å². The van der Waals surface area contributed by atoms with Gasteiger partial charge in [0.25, 0.3) is 0 Å². The van der Waals surface area contributed by atoms with Crippen molar-refractivity contribution in [2.45, 2.75) is 26.1 Å². The second-order valence-corrected chi connectivity index (χ2v) is 4.81. The molecule has 0 amide bonds. The van der Waals surface area contributed by atoms with E-state index in [1.165, 1.54) is 5.69 Å². The smallest absolute Gasteiger partial charge is 0.108 e. The topological polar surface area (TPSA) is 25.4 Å². The third kappa shape index (κ3) is 2.69. The van der Waals surface area contributed by atoms with Gasteiger partial charge in [0.2, 0.25) is 0 Å². The van der Waals surface area contributed by atoms with Gasteiger partial charge in [-0.2, -0.15) is 0 Å². The van der Waals surface area contributed by atoms with Crippen LogP contribution in [0.25, 0.3) is 0 Å². The van der Waals surface area contributed by atoms with Crippen LogP contribution >= 0.6 is 15.9 Å². The van der Waals surface area contributed by atoms with Crippen LogP contribution in [-0.4, -0.2) is 30.3 Å². The van der Waals surface area contributed by atoms with Crippen LogP contribution in [0.1, 0.15) is 13.8 Å². The first-order chi connectivity index (χ1) is 7.15. The number of anilines is 1. The van der Waals surface area contributed by atoms with Crippen LogP contribution in [0, 0.1) is 0 Å². The van der Waals surface area contributed by atoms with Gasteiger partial charge in [-0.3, -0.25) is 0 Å². The lowest BCUT2D eigenvalue weighted by atomic mass is 10.2. The maximum absolute atomic E-state index is 5.70. The molecule has 1 saturated heterocycles. The van der Waals surface area contributed by atoms with E-state index in [1.54, 1.807) is 0 Å². The molecule has 2 heterocycles. The Morgan fingerprint density at radius 2 is 2.07 bits per heavy atom. The molecule has 0 spiro atoms. The number of ether oxygens (including phenoxy) is 1. The van der Waals surface area contributed by atoms with Crippen molar-refractivity contribution < 1.29 is 4.74 Å². The molecule has 1 aliphatic heterocycles. The second-order valence-electron chi connectivity index (χ2n) is 4.00. The van der Waals surface area contributed by atoms with Gasteiger partial charge in [-0.05, 0) is 41.9 Å². The minimum atomic E-state index is 0.292. The molecule has 2 rings (SSSR count). The van der Waals surface area contributed by atoms with E-state index in [0.29, 0.717) is 12.2 Å². The number of hydrogen-bond donors (Lipinski definition) is 0. The summed E-state index contributed by atoms with van der Waals surface area (Å²) in [6.07, 6.45) is 2.41. The van der Waals surface area contributed by atoms with Gasteiger partial charge in [-0.1, -0.05) is 0 Å². The van der Waals surface area contributed by atoms with E-state index in [4.69, 9.17) is 4.74 Å². The van der Waals surface area contributed by atoms with Crippen molar-refractivity contribution in [3.63, 3.8) is 0 Å². The van der Waals surface area contributed by atoms with E-state index in [0.717, 1.165) is 17.7 Å². The third-order valence-corrected chi connectivity index (χ3v) is 2.93. The normalized spacial score (nSPS) is 26.7. The Labute approximate surface area is 98.6 Å². The zero-order chi connectivity index (χ0) is 10.8. The Hall–Kier alpha value is -0.610. The Kier molecular flexibility index (Phi) is 3.26. The van der Waals surface area contributed by atoms with Crippen LogP contribution in [0.5, 0.6) is 0 Å². The fraction of sp³-hybridized carbons (Fsp3) is 0.545. The minimum Gasteiger partial charge on any atom is -0.372 e. The Balaban J connectivity index is 2.16. The molecule has 82 valence electrons. The number of aromatic nitrogens is 1. The van der Waals surface area contributed by atoms with Crippen molar-refractivity contribution in [3.8, 4) is 0 Å². The molecular formula is C11H15BrN2O. The summed E-state index contributed by atoms with van der Waals surface area (Å²) in [6, 6.07) is 4.08. The van der Waals surface area contributed by atoms with Crippen molar-refractivity contribution in [3.05, 3.63) is 22.9 Å². The molecule has 0 unspecified atom stereocenters. The van der Waals surface area contributed by atoms with E-state index >= 15 is 0 Å². The maximum atomic E-state index is 5.70. The van der Waals surface area contributed by atoms with E-state index in [1.807, 2.05) is 18.3 Å². The average molecular weight is 271 g/mol. The predicted molar refractivity (Wildman–Crippen MR) is 64.2 cm³/mol. The van der Waals surface area contributed by atoms with Gasteiger partial charge in [0.15, 0.2) is 0 Å². The molecule has 1 aromatic rings. The summed E-state index contributed by atoms with van der Waals surface area (Å²) in [7, 11) is 0. The number of pyridine rings is 1. The molecule has 1 fully saturated rings. The number of halogens is 1. The standard InChI is InChI=1S/C11H15BrN2O/c1-8-6-14(7-9(2)15-8)10-3-4-13-11(12)5-10/h3-5,8-9H,6-7H2,1-2H3/t8-,9+. The van der Waals surface area contributed by atoms with Gasteiger partial charge in [-0.25, -0.2) is 4.98 Å². The quantitative estimate of drug-likeness (QED) is 0.734. The zero-order valence-corrected chi connectivity index (χ0v) is 10.6. The SMILES string of the molecule is C[C@@H]1CN(c2ccnc(Br)c2)C[C@H](C)O1. The van der Waals surface area contributed by atoms with Crippen molar-refractivity contribution in [2.24, 2.45) is 0 Å². The highest BCUT2D eigenvalue weighted by atomic mass is 79.9. The summed E-state index contributed by atoms with van der Waals surface area (Å²) in [5.41, 5.74) is 1.21. The van der Waals surface area contributed by atoms with Crippen molar-refractivity contribution in [2.75, 3.05) is 18.0 Å². The fourth-order valence-electron chi connectivity index (χ4n) is 1.98. The highest BCUT2D eigenvalue weighted by molar-refractivity contribution is 9.10. The average Bonchev–Trinajstić information content (AvgIpc) is 2.16. The van der Waals surface area contributed by atoms with E-state index in [9.17, 15) is 0 Å². The Morgan fingerprint density at radius 3 is 2.67 bits per heavy atom. The lowest BCUT2D eigenvalue weighted by Gasteiger charge is -2.36. The van der Waals surface area contributed by atoms with Gasteiger partial charge < -0.3 is 9.64 Å². The first-order valence-electron chi connectivity index (χ1n) is 5.17. The van der Waals surface area contributed by atoms with Crippen LogP contribution in [0.4, 0.5) is 5.69 Å². The predicted octanol–water partition coefficient (Wildman–Crippen LogP) is 2.46. The van der Waals surface area contributed by atoms with E-state index in [2.05, 4.69) is 39.7 Å².